The fraction of sp³-hybridized carbons (Fsp3) is 0.485. The third kappa shape index (κ3) is 5.80. The van der Waals surface area contributed by atoms with Gasteiger partial charge in [0.25, 0.3) is 0 Å². The van der Waals surface area contributed by atoms with Crippen LogP contribution in [-0.4, -0.2) is 82.3 Å². The zero-order valence-corrected chi connectivity index (χ0v) is 26.4. The van der Waals surface area contributed by atoms with Gasteiger partial charge in [-0.3, -0.25) is 9.36 Å². The highest BCUT2D eigenvalue weighted by atomic mass is 35.5. The van der Waals surface area contributed by atoms with Crippen molar-refractivity contribution in [1.82, 2.24) is 19.4 Å². The largest absolute Gasteiger partial charge is 0.488 e. The second-order valence-electron chi connectivity index (χ2n) is 12.8. The van der Waals surface area contributed by atoms with Crippen molar-refractivity contribution >= 4 is 34.2 Å². The molecule has 0 N–H and O–H groups in total. The zero-order valence-electron chi connectivity index (χ0n) is 25.7. The molecular formula is C33H37ClF3N5O3. The molecule has 3 aliphatic heterocycles. The minimum atomic E-state index is -1.19. The normalized spacial score (nSPS) is 25.1. The van der Waals surface area contributed by atoms with Crippen LogP contribution in [0.1, 0.15) is 46.1 Å². The first-order chi connectivity index (χ1) is 21.4. The van der Waals surface area contributed by atoms with Crippen LogP contribution >= 0.6 is 11.6 Å². The summed E-state index contributed by atoms with van der Waals surface area (Å²) in [6.45, 7) is 11.8. The first-order valence-corrected chi connectivity index (χ1v) is 15.7. The monoisotopic (exact) mass is 643 g/mol. The lowest BCUT2D eigenvalue weighted by Gasteiger charge is -2.45. The van der Waals surface area contributed by atoms with Crippen LogP contribution in [0.3, 0.4) is 0 Å². The first-order valence-electron chi connectivity index (χ1n) is 15.4. The lowest BCUT2D eigenvalue weighted by molar-refractivity contribution is -0.128. The number of alkyl halides is 1. The van der Waals surface area contributed by atoms with Gasteiger partial charge in [-0.1, -0.05) is 18.2 Å². The maximum absolute atomic E-state index is 15.2. The molecule has 0 spiro atoms. The van der Waals surface area contributed by atoms with E-state index in [1.807, 2.05) is 18.7 Å². The maximum atomic E-state index is 15.2. The molecule has 3 aliphatic rings. The summed E-state index contributed by atoms with van der Waals surface area (Å²) < 4.78 is 51.4. The van der Waals surface area contributed by atoms with Gasteiger partial charge in [0.05, 0.1) is 16.6 Å². The molecule has 4 heterocycles. The summed E-state index contributed by atoms with van der Waals surface area (Å²) in [4.78, 5) is 36.8. The zero-order chi connectivity index (χ0) is 32.2. The van der Waals surface area contributed by atoms with Crippen molar-refractivity contribution in [3.05, 3.63) is 64.1 Å². The van der Waals surface area contributed by atoms with Crippen LogP contribution in [0.15, 0.2) is 41.7 Å². The summed E-state index contributed by atoms with van der Waals surface area (Å²) in [5.74, 6) is -1.08. The number of anilines is 1. The van der Waals surface area contributed by atoms with E-state index < -0.39 is 23.0 Å². The third-order valence-electron chi connectivity index (χ3n) is 9.31. The van der Waals surface area contributed by atoms with Crippen LogP contribution in [0.5, 0.6) is 5.75 Å². The molecule has 3 aromatic rings. The number of halogens is 4. The van der Waals surface area contributed by atoms with Gasteiger partial charge in [0, 0.05) is 60.8 Å². The molecule has 4 atom stereocenters. The number of carbonyl (C=O) groups excluding carboxylic acids is 1. The number of piperazine rings is 1. The summed E-state index contributed by atoms with van der Waals surface area (Å²) in [5, 5.41) is 0.722. The number of aromatic nitrogens is 2. The molecule has 2 saturated heterocycles. The molecule has 0 saturated carbocycles. The van der Waals surface area contributed by atoms with Gasteiger partial charge in [0.15, 0.2) is 5.75 Å². The Morgan fingerprint density at radius 2 is 2.00 bits per heavy atom. The minimum Gasteiger partial charge on any atom is -0.488 e. The predicted molar refractivity (Wildman–Crippen MR) is 169 cm³/mol. The fourth-order valence-electron chi connectivity index (χ4n) is 7.04. The molecule has 2 fully saturated rings. The smallest absolute Gasteiger partial charge is 0.350 e. The van der Waals surface area contributed by atoms with Crippen LogP contribution in [0.25, 0.3) is 22.0 Å². The quantitative estimate of drug-likeness (QED) is 0.305. The van der Waals surface area contributed by atoms with E-state index in [9.17, 15) is 18.4 Å². The summed E-state index contributed by atoms with van der Waals surface area (Å²) in [7, 11) is 0. The average molecular weight is 644 g/mol. The summed E-state index contributed by atoms with van der Waals surface area (Å²) in [5.41, 5.74) is -0.961. The SMILES string of the molecule is C=CC(=O)N1C[C@H](C)N(c2nc(=O)n3c4c(c(-c5ccc(F)cc5F)c(Cl)cc24)OC[C@H]3CCCN2CCC(C)(F)C2)C[C@H]1C. The molecule has 0 bridgehead atoms. The molecule has 1 amide bonds. The lowest BCUT2D eigenvalue weighted by atomic mass is 9.98. The Bertz CT molecular complexity index is 1730. The molecule has 0 radical (unpaired) electrons. The number of carbonyl (C=O) groups is 1. The van der Waals surface area contributed by atoms with Crippen LogP contribution in [0, 0.1) is 11.6 Å². The highest BCUT2D eigenvalue weighted by Crippen LogP contribution is 2.47. The highest BCUT2D eigenvalue weighted by Gasteiger charge is 2.37. The molecular weight excluding hydrogens is 607 g/mol. The van der Waals surface area contributed by atoms with E-state index in [4.69, 9.17) is 16.3 Å². The van der Waals surface area contributed by atoms with Crippen LogP contribution in [-0.2, 0) is 4.79 Å². The van der Waals surface area contributed by atoms with Gasteiger partial charge in [-0.2, -0.15) is 4.98 Å². The number of nitrogens with zero attached hydrogens (tertiary/aromatic N) is 5. The van der Waals surface area contributed by atoms with Gasteiger partial charge in [-0.25, -0.2) is 18.0 Å². The van der Waals surface area contributed by atoms with E-state index in [0.29, 0.717) is 68.7 Å². The van der Waals surface area contributed by atoms with Gasteiger partial charge >= 0.3 is 5.69 Å². The lowest BCUT2D eigenvalue weighted by Crippen LogP contribution is -2.58. The number of amides is 1. The van der Waals surface area contributed by atoms with Crippen molar-refractivity contribution in [2.45, 2.75) is 63.8 Å². The van der Waals surface area contributed by atoms with Crippen LogP contribution < -0.4 is 15.3 Å². The van der Waals surface area contributed by atoms with Crippen molar-refractivity contribution in [1.29, 1.82) is 0 Å². The standard InChI is InChI=1S/C33H37ClF3N5O3/c1-5-27(43)40-15-20(3)41(16-19(40)2)31-24-14-25(34)28(23-9-8-21(35)13-26(23)36)30-29(24)42(32(44)38-31)22(17-45-30)7-6-11-39-12-10-33(4,37)18-39/h5,8-9,13-14,19-20,22H,1,6-7,10-12,15-18H2,2-4H3/t19-,20+,22-,33?/m1/s1. The third-order valence-corrected chi connectivity index (χ3v) is 9.61. The number of hydrogen-bond donors (Lipinski definition) is 0. The summed E-state index contributed by atoms with van der Waals surface area (Å²) in [6.07, 6.45) is 3.07. The topological polar surface area (TPSA) is 70.9 Å². The number of benzene rings is 2. The molecule has 1 unspecified atom stereocenters. The Balaban J connectivity index is 1.45. The Morgan fingerprint density at radius 3 is 2.69 bits per heavy atom. The number of ether oxygens (including phenoxy) is 1. The number of likely N-dealkylation sites (tertiary alicyclic amines) is 1. The van der Waals surface area contributed by atoms with Gasteiger partial charge in [0.2, 0.25) is 5.91 Å². The van der Waals surface area contributed by atoms with E-state index in [1.165, 1.54) is 12.1 Å². The fourth-order valence-corrected chi connectivity index (χ4v) is 7.33. The minimum absolute atomic E-state index is 0.0518. The van der Waals surface area contributed by atoms with E-state index in [0.717, 1.165) is 12.1 Å². The summed E-state index contributed by atoms with van der Waals surface area (Å²) in [6, 6.07) is 4.13. The Kier molecular flexibility index (Phi) is 8.36. The molecule has 1 aromatic heterocycles. The van der Waals surface area contributed by atoms with Gasteiger partial charge in [-0.15, -0.1) is 0 Å². The van der Waals surface area contributed by atoms with Gasteiger partial charge in [0.1, 0.15) is 29.7 Å². The Labute approximate surface area is 265 Å². The Hall–Kier alpha value is -3.57. The Morgan fingerprint density at radius 1 is 1.22 bits per heavy atom. The molecule has 6 rings (SSSR count). The van der Waals surface area contributed by atoms with Crippen molar-refractivity contribution in [2.24, 2.45) is 0 Å². The first kappa shape index (κ1) is 31.4. The molecule has 45 heavy (non-hydrogen) atoms. The van der Waals surface area contributed by atoms with Crippen molar-refractivity contribution in [2.75, 3.05) is 44.2 Å². The average Bonchev–Trinajstić information content (AvgIpc) is 3.34. The second kappa shape index (κ2) is 12.0. The number of hydrogen-bond acceptors (Lipinski definition) is 6. The van der Waals surface area contributed by atoms with Crippen molar-refractivity contribution in [3.8, 4) is 16.9 Å². The van der Waals surface area contributed by atoms with Crippen molar-refractivity contribution < 1.29 is 22.7 Å². The number of rotatable bonds is 7. The van der Waals surface area contributed by atoms with E-state index >= 15 is 4.39 Å². The van der Waals surface area contributed by atoms with E-state index in [1.54, 1.807) is 22.5 Å². The summed E-state index contributed by atoms with van der Waals surface area (Å²) >= 11 is 6.85. The molecule has 0 aliphatic carbocycles. The van der Waals surface area contributed by atoms with Crippen molar-refractivity contribution in [3.63, 3.8) is 0 Å². The van der Waals surface area contributed by atoms with Gasteiger partial charge < -0.3 is 19.4 Å². The van der Waals surface area contributed by atoms with Crippen LogP contribution in [0.4, 0.5) is 19.0 Å². The maximum Gasteiger partial charge on any atom is 0.350 e. The second-order valence-corrected chi connectivity index (χ2v) is 13.2. The molecule has 12 heteroatoms. The van der Waals surface area contributed by atoms with Crippen LogP contribution in [0.2, 0.25) is 5.02 Å². The highest BCUT2D eigenvalue weighted by molar-refractivity contribution is 6.35. The van der Waals surface area contributed by atoms with E-state index in [2.05, 4.69) is 16.5 Å². The molecule has 2 aromatic carbocycles. The molecule has 240 valence electrons. The molecule has 8 nitrogen and oxygen atoms in total. The van der Waals surface area contributed by atoms with Gasteiger partial charge in [-0.05, 0) is 70.9 Å². The van der Waals surface area contributed by atoms with E-state index in [-0.39, 0.29) is 52.5 Å². The predicted octanol–water partition coefficient (Wildman–Crippen LogP) is 5.75.